The minimum absolute atomic E-state index is 0.0701. The van der Waals surface area contributed by atoms with Crippen molar-refractivity contribution in [1.82, 2.24) is 0 Å². The molecule has 0 aliphatic rings. The maximum Gasteiger partial charge on any atom is 0.306 e. The second-order valence-electron chi connectivity index (χ2n) is 16.7. The molecule has 0 fully saturated rings. The highest BCUT2D eigenvalue weighted by Gasteiger charge is 2.17. The van der Waals surface area contributed by atoms with E-state index in [1.807, 2.05) is 0 Å². The number of ether oxygens (including phenoxy) is 3. The number of allylic oxidation sites excluding steroid dienone is 12. The van der Waals surface area contributed by atoms with Gasteiger partial charge in [-0.3, -0.25) is 9.59 Å². The number of unbranched alkanes of at least 4 members (excludes halogenated alkanes) is 23. The quantitative estimate of drug-likeness (QED) is 0.0347. The molecule has 0 spiro atoms. The van der Waals surface area contributed by atoms with Gasteiger partial charge in [0.1, 0.15) is 6.61 Å². The summed E-state index contributed by atoms with van der Waals surface area (Å²) in [4.78, 5) is 25.4. The van der Waals surface area contributed by atoms with Crippen molar-refractivity contribution in [2.45, 2.75) is 245 Å². The van der Waals surface area contributed by atoms with E-state index >= 15 is 0 Å². The summed E-state index contributed by atoms with van der Waals surface area (Å²) in [5, 5.41) is 0. The average molecular weight is 837 g/mol. The second-order valence-corrected chi connectivity index (χ2v) is 16.7. The summed E-state index contributed by atoms with van der Waals surface area (Å²) in [6.07, 6.45) is 64.7. The van der Waals surface area contributed by atoms with Crippen LogP contribution in [0.2, 0.25) is 0 Å². The first-order chi connectivity index (χ1) is 29.6. The fourth-order valence-electron chi connectivity index (χ4n) is 6.89. The highest BCUT2D eigenvalue weighted by Crippen LogP contribution is 2.13. The van der Waals surface area contributed by atoms with E-state index in [0.29, 0.717) is 19.4 Å². The molecule has 0 bridgehead atoms. The van der Waals surface area contributed by atoms with Gasteiger partial charge in [-0.1, -0.05) is 196 Å². The Morgan fingerprint density at radius 3 is 1.27 bits per heavy atom. The van der Waals surface area contributed by atoms with Gasteiger partial charge < -0.3 is 14.2 Å². The largest absolute Gasteiger partial charge is 0.462 e. The van der Waals surface area contributed by atoms with Gasteiger partial charge in [-0.05, 0) is 103 Å². The molecule has 0 radical (unpaired) electrons. The summed E-state index contributed by atoms with van der Waals surface area (Å²) in [7, 11) is 0. The summed E-state index contributed by atoms with van der Waals surface area (Å²) in [6.45, 7) is 7.63. The number of carbonyl (C=O) groups excluding carboxylic acids is 2. The van der Waals surface area contributed by atoms with E-state index in [-0.39, 0.29) is 25.2 Å². The summed E-state index contributed by atoms with van der Waals surface area (Å²) < 4.78 is 17.4. The third kappa shape index (κ3) is 48.0. The molecular formula is C55H96O5. The fraction of sp³-hybridized carbons (Fsp3) is 0.745. The summed E-state index contributed by atoms with van der Waals surface area (Å²) in [6, 6.07) is 0. The van der Waals surface area contributed by atoms with Crippen LogP contribution in [0.3, 0.4) is 0 Å². The zero-order valence-electron chi connectivity index (χ0n) is 39.7. The standard InChI is InChI=1S/C55H96O5/c1-4-7-10-13-16-19-22-25-27-28-30-31-33-36-39-42-45-48-54(56)59-52-53(51-58-50-47-44-41-38-35-24-21-18-15-12-9-6-3)60-55(57)49-46-43-40-37-34-32-29-26-23-20-17-14-11-8-5-2/h7,10,15-20,25-27,29,53H,4-6,8-9,11-14,21-24,28,30-52H2,1-3H3/b10-7-,18-15-,19-16-,20-17-,27-25-,29-26-. The van der Waals surface area contributed by atoms with E-state index in [1.54, 1.807) is 0 Å². The predicted molar refractivity (Wildman–Crippen MR) is 260 cm³/mol. The monoisotopic (exact) mass is 837 g/mol. The van der Waals surface area contributed by atoms with Crippen molar-refractivity contribution in [1.29, 1.82) is 0 Å². The molecule has 60 heavy (non-hydrogen) atoms. The Bertz CT molecular complexity index is 1080. The highest BCUT2D eigenvalue weighted by atomic mass is 16.6. The fourth-order valence-corrected chi connectivity index (χ4v) is 6.89. The molecule has 0 saturated carbocycles. The molecule has 0 heterocycles. The van der Waals surface area contributed by atoms with E-state index in [2.05, 4.69) is 93.7 Å². The third-order valence-electron chi connectivity index (χ3n) is 10.7. The molecular weight excluding hydrogens is 741 g/mol. The molecule has 0 aromatic rings. The van der Waals surface area contributed by atoms with Crippen molar-refractivity contribution >= 4 is 11.9 Å². The topological polar surface area (TPSA) is 61.8 Å². The van der Waals surface area contributed by atoms with E-state index in [1.165, 1.54) is 116 Å². The Balaban J connectivity index is 4.30. The Labute approximate surface area is 372 Å². The van der Waals surface area contributed by atoms with Gasteiger partial charge in [0.2, 0.25) is 0 Å². The minimum atomic E-state index is -0.552. The highest BCUT2D eigenvalue weighted by molar-refractivity contribution is 5.70. The summed E-state index contributed by atoms with van der Waals surface area (Å²) in [5.41, 5.74) is 0. The van der Waals surface area contributed by atoms with Crippen LogP contribution in [0, 0.1) is 0 Å². The van der Waals surface area contributed by atoms with Gasteiger partial charge in [0.05, 0.1) is 6.61 Å². The van der Waals surface area contributed by atoms with Crippen LogP contribution in [0.1, 0.15) is 239 Å². The van der Waals surface area contributed by atoms with Crippen molar-refractivity contribution in [3.05, 3.63) is 72.9 Å². The molecule has 0 rings (SSSR count). The number of hydrogen-bond acceptors (Lipinski definition) is 5. The molecule has 346 valence electrons. The molecule has 0 saturated heterocycles. The van der Waals surface area contributed by atoms with Crippen LogP contribution in [0.15, 0.2) is 72.9 Å². The van der Waals surface area contributed by atoms with Crippen molar-refractivity contribution in [2.75, 3.05) is 19.8 Å². The first kappa shape index (κ1) is 57.3. The molecule has 5 heteroatoms. The van der Waals surface area contributed by atoms with Gasteiger partial charge >= 0.3 is 11.9 Å². The molecule has 0 N–H and O–H groups in total. The van der Waals surface area contributed by atoms with Crippen LogP contribution >= 0.6 is 0 Å². The Hall–Kier alpha value is -2.66. The van der Waals surface area contributed by atoms with Gasteiger partial charge in [0.15, 0.2) is 6.10 Å². The molecule has 0 aliphatic carbocycles. The van der Waals surface area contributed by atoms with E-state index in [4.69, 9.17) is 14.2 Å². The Kier molecular flexibility index (Phi) is 48.4. The minimum Gasteiger partial charge on any atom is -0.462 e. The van der Waals surface area contributed by atoms with Crippen molar-refractivity contribution in [3.63, 3.8) is 0 Å². The van der Waals surface area contributed by atoms with Gasteiger partial charge in [0.25, 0.3) is 0 Å². The van der Waals surface area contributed by atoms with Crippen LogP contribution in [-0.4, -0.2) is 37.9 Å². The molecule has 0 aromatic carbocycles. The van der Waals surface area contributed by atoms with E-state index < -0.39 is 6.10 Å². The van der Waals surface area contributed by atoms with Crippen molar-refractivity contribution in [2.24, 2.45) is 0 Å². The lowest BCUT2D eigenvalue weighted by Gasteiger charge is -2.18. The molecule has 0 aromatic heterocycles. The van der Waals surface area contributed by atoms with Crippen LogP contribution in [-0.2, 0) is 23.8 Å². The van der Waals surface area contributed by atoms with Crippen LogP contribution in [0.5, 0.6) is 0 Å². The zero-order valence-corrected chi connectivity index (χ0v) is 39.7. The summed E-state index contributed by atoms with van der Waals surface area (Å²) >= 11 is 0. The van der Waals surface area contributed by atoms with Gasteiger partial charge in [-0.2, -0.15) is 0 Å². The molecule has 5 nitrogen and oxygen atoms in total. The Morgan fingerprint density at radius 2 is 0.767 bits per heavy atom. The number of hydrogen-bond donors (Lipinski definition) is 0. The average Bonchev–Trinajstić information content (AvgIpc) is 3.25. The lowest BCUT2D eigenvalue weighted by Crippen LogP contribution is -2.30. The van der Waals surface area contributed by atoms with E-state index in [9.17, 15) is 9.59 Å². The van der Waals surface area contributed by atoms with Gasteiger partial charge in [0, 0.05) is 19.4 Å². The van der Waals surface area contributed by atoms with Gasteiger partial charge in [-0.15, -0.1) is 0 Å². The third-order valence-corrected chi connectivity index (χ3v) is 10.7. The van der Waals surface area contributed by atoms with Crippen molar-refractivity contribution in [3.8, 4) is 0 Å². The maximum atomic E-state index is 12.8. The number of rotatable bonds is 46. The molecule has 1 atom stereocenters. The van der Waals surface area contributed by atoms with Crippen molar-refractivity contribution < 1.29 is 23.8 Å². The molecule has 1 unspecified atom stereocenters. The van der Waals surface area contributed by atoms with Crippen LogP contribution in [0.4, 0.5) is 0 Å². The smallest absolute Gasteiger partial charge is 0.306 e. The van der Waals surface area contributed by atoms with E-state index in [0.717, 1.165) is 89.9 Å². The SMILES string of the molecule is CC/C=C\C/C=C\C/C=C\CCCCCCCCCC(=O)OCC(COCCCCCCCC/C=C\CCCC)OC(=O)CCCCCCC/C=C\C/C=C\CCCCC. The van der Waals surface area contributed by atoms with Crippen LogP contribution in [0.25, 0.3) is 0 Å². The molecule has 0 aliphatic heterocycles. The zero-order chi connectivity index (χ0) is 43.5. The maximum absolute atomic E-state index is 12.8. The first-order valence-corrected chi connectivity index (χ1v) is 25.5. The predicted octanol–water partition coefficient (Wildman–Crippen LogP) is 17.1. The lowest BCUT2D eigenvalue weighted by molar-refractivity contribution is -0.163. The number of carbonyl (C=O) groups is 2. The van der Waals surface area contributed by atoms with Gasteiger partial charge in [-0.25, -0.2) is 0 Å². The lowest BCUT2D eigenvalue weighted by atomic mass is 10.1. The first-order valence-electron chi connectivity index (χ1n) is 25.5. The number of esters is 2. The van der Waals surface area contributed by atoms with Crippen LogP contribution < -0.4 is 0 Å². The summed E-state index contributed by atoms with van der Waals surface area (Å²) in [5.74, 6) is -0.426. The Morgan fingerprint density at radius 1 is 0.383 bits per heavy atom. The normalized spacial score (nSPS) is 12.8. The molecule has 0 amide bonds. The second kappa shape index (κ2) is 50.7.